The molecule has 21 heavy (non-hydrogen) atoms. The fraction of sp³-hybridized carbons (Fsp3) is 0.667. The SMILES string of the molecule is COCCC(C)(C)CNCc1ncc(C)c([N+](=O)[O-])c1C. The molecule has 0 amide bonds. The second kappa shape index (κ2) is 7.47. The van der Waals surface area contributed by atoms with Gasteiger partial charge in [-0.3, -0.25) is 15.1 Å². The van der Waals surface area contributed by atoms with Gasteiger partial charge in [0.1, 0.15) is 0 Å². The van der Waals surface area contributed by atoms with Gasteiger partial charge in [0.05, 0.1) is 10.6 Å². The Morgan fingerprint density at radius 1 is 1.43 bits per heavy atom. The van der Waals surface area contributed by atoms with Crippen molar-refractivity contribution in [1.29, 1.82) is 0 Å². The van der Waals surface area contributed by atoms with E-state index in [1.807, 2.05) is 0 Å². The number of nitro groups is 1. The molecule has 1 heterocycles. The zero-order chi connectivity index (χ0) is 16.0. The minimum Gasteiger partial charge on any atom is -0.385 e. The van der Waals surface area contributed by atoms with Gasteiger partial charge < -0.3 is 10.1 Å². The summed E-state index contributed by atoms with van der Waals surface area (Å²) < 4.78 is 5.10. The molecule has 1 rings (SSSR count). The Bertz CT molecular complexity index is 501. The minimum absolute atomic E-state index is 0.112. The zero-order valence-corrected chi connectivity index (χ0v) is 13.5. The summed E-state index contributed by atoms with van der Waals surface area (Å²) in [4.78, 5) is 15.1. The van der Waals surface area contributed by atoms with E-state index >= 15 is 0 Å². The van der Waals surface area contributed by atoms with Crippen LogP contribution in [-0.2, 0) is 11.3 Å². The van der Waals surface area contributed by atoms with Crippen LogP contribution in [0.25, 0.3) is 0 Å². The second-order valence-electron chi connectivity index (χ2n) is 6.13. The molecule has 1 aromatic rings. The maximum Gasteiger partial charge on any atom is 0.278 e. The highest BCUT2D eigenvalue weighted by atomic mass is 16.6. The lowest BCUT2D eigenvalue weighted by molar-refractivity contribution is -0.386. The van der Waals surface area contributed by atoms with E-state index in [1.165, 1.54) is 0 Å². The van der Waals surface area contributed by atoms with Crippen LogP contribution < -0.4 is 5.32 Å². The molecule has 0 unspecified atom stereocenters. The molecule has 6 heteroatoms. The van der Waals surface area contributed by atoms with Crippen molar-refractivity contribution < 1.29 is 9.66 Å². The van der Waals surface area contributed by atoms with Crippen molar-refractivity contribution in [3.8, 4) is 0 Å². The minimum atomic E-state index is -0.335. The average molecular weight is 295 g/mol. The first-order valence-corrected chi connectivity index (χ1v) is 7.07. The van der Waals surface area contributed by atoms with Gasteiger partial charge >= 0.3 is 0 Å². The quantitative estimate of drug-likeness (QED) is 0.589. The van der Waals surface area contributed by atoms with Crippen LogP contribution in [0.4, 0.5) is 5.69 Å². The first-order valence-electron chi connectivity index (χ1n) is 7.07. The summed E-state index contributed by atoms with van der Waals surface area (Å²) in [6.07, 6.45) is 2.52. The van der Waals surface area contributed by atoms with E-state index in [0.29, 0.717) is 17.7 Å². The third-order valence-electron chi connectivity index (χ3n) is 3.64. The van der Waals surface area contributed by atoms with Crippen molar-refractivity contribution >= 4 is 5.69 Å². The number of hydrogen-bond acceptors (Lipinski definition) is 5. The van der Waals surface area contributed by atoms with Gasteiger partial charge in [0, 0.05) is 44.1 Å². The normalized spacial score (nSPS) is 11.7. The third kappa shape index (κ3) is 5.06. The van der Waals surface area contributed by atoms with Gasteiger partial charge in [0.15, 0.2) is 0 Å². The highest BCUT2D eigenvalue weighted by Gasteiger charge is 2.20. The summed E-state index contributed by atoms with van der Waals surface area (Å²) in [5, 5.41) is 14.4. The predicted molar refractivity (Wildman–Crippen MR) is 82.3 cm³/mol. The molecule has 6 nitrogen and oxygen atoms in total. The van der Waals surface area contributed by atoms with Crippen molar-refractivity contribution in [2.75, 3.05) is 20.3 Å². The zero-order valence-electron chi connectivity index (χ0n) is 13.5. The lowest BCUT2D eigenvalue weighted by atomic mass is 9.89. The van der Waals surface area contributed by atoms with Crippen LogP contribution in [-0.4, -0.2) is 30.2 Å². The Morgan fingerprint density at radius 3 is 2.67 bits per heavy atom. The van der Waals surface area contributed by atoms with Crippen LogP contribution >= 0.6 is 0 Å². The van der Waals surface area contributed by atoms with Gasteiger partial charge in [-0.1, -0.05) is 13.8 Å². The Hall–Kier alpha value is -1.53. The topological polar surface area (TPSA) is 77.3 Å². The Labute approximate surface area is 126 Å². The van der Waals surface area contributed by atoms with Crippen LogP contribution in [0, 0.1) is 29.4 Å². The van der Waals surface area contributed by atoms with Crippen molar-refractivity contribution in [2.45, 2.75) is 40.7 Å². The fourth-order valence-electron chi connectivity index (χ4n) is 2.21. The summed E-state index contributed by atoms with van der Waals surface area (Å²) in [6, 6.07) is 0. The Morgan fingerprint density at radius 2 is 2.10 bits per heavy atom. The van der Waals surface area contributed by atoms with Crippen molar-refractivity contribution in [1.82, 2.24) is 10.3 Å². The molecule has 0 atom stereocenters. The maximum absolute atomic E-state index is 11.1. The van der Waals surface area contributed by atoms with E-state index in [1.54, 1.807) is 27.2 Å². The van der Waals surface area contributed by atoms with E-state index in [9.17, 15) is 10.1 Å². The second-order valence-corrected chi connectivity index (χ2v) is 6.13. The number of rotatable bonds is 8. The molecule has 0 radical (unpaired) electrons. The summed E-state index contributed by atoms with van der Waals surface area (Å²) in [5.41, 5.74) is 2.25. The van der Waals surface area contributed by atoms with Gasteiger partial charge in [-0.2, -0.15) is 0 Å². The van der Waals surface area contributed by atoms with Crippen LogP contribution in [0.1, 0.15) is 37.1 Å². The van der Waals surface area contributed by atoms with Crippen molar-refractivity contribution in [3.63, 3.8) is 0 Å². The average Bonchev–Trinajstić information content (AvgIpc) is 2.39. The summed E-state index contributed by atoms with van der Waals surface area (Å²) in [7, 11) is 1.70. The molecular formula is C15H25N3O3. The van der Waals surface area contributed by atoms with E-state index in [0.717, 1.165) is 25.3 Å². The number of nitrogens with one attached hydrogen (secondary N) is 1. The number of methoxy groups -OCH3 is 1. The van der Waals surface area contributed by atoms with Gasteiger partial charge in [-0.25, -0.2) is 0 Å². The predicted octanol–water partition coefficient (Wildman–Crippen LogP) is 2.76. The summed E-state index contributed by atoms with van der Waals surface area (Å²) in [5.74, 6) is 0. The van der Waals surface area contributed by atoms with Gasteiger partial charge in [0.25, 0.3) is 5.69 Å². The smallest absolute Gasteiger partial charge is 0.278 e. The lowest BCUT2D eigenvalue weighted by Crippen LogP contribution is -2.30. The molecule has 0 saturated carbocycles. The monoisotopic (exact) mass is 295 g/mol. The molecule has 118 valence electrons. The third-order valence-corrected chi connectivity index (χ3v) is 3.64. The molecule has 0 spiro atoms. The fourth-order valence-corrected chi connectivity index (χ4v) is 2.21. The molecule has 0 aliphatic carbocycles. The van der Waals surface area contributed by atoms with E-state index in [2.05, 4.69) is 24.1 Å². The van der Waals surface area contributed by atoms with Crippen LogP contribution in [0.15, 0.2) is 6.20 Å². The Balaban J connectivity index is 2.69. The molecule has 0 aliphatic rings. The number of aryl methyl sites for hydroxylation is 1. The van der Waals surface area contributed by atoms with Crippen molar-refractivity contribution in [2.24, 2.45) is 5.41 Å². The number of hydrogen-bond donors (Lipinski definition) is 1. The summed E-state index contributed by atoms with van der Waals surface area (Å²) >= 11 is 0. The Kier molecular flexibility index (Phi) is 6.23. The largest absolute Gasteiger partial charge is 0.385 e. The molecule has 1 N–H and O–H groups in total. The first kappa shape index (κ1) is 17.5. The number of aromatic nitrogens is 1. The number of ether oxygens (including phenoxy) is 1. The van der Waals surface area contributed by atoms with Crippen molar-refractivity contribution in [3.05, 3.63) is 33.1 Å². The lowest BCUT2D eigenvalue weighted by Gasteiger charge is -2.24. The summed E-state index contributed by atoms with van der Waals surface area (Å²) in [6.45, 7) is 9.85. The van der Waals surface area contributed by atoms with E-state index in [-0.39, 0.29) is 16.0 Å². The molecule has 0 aliphatic heterocycles. The van der Waals surface area contributed by atoms with E-state index in [4.69, 9.17) is 4.74 Å². The highest BCUT2D eigenvalue weighted by Crippen LogP contribution is 2.24. The van der Waals surface area contributed by atoms with Gasteiger partial charge in [-0.15, -0.1) is 0 Å². The van der Waals surface area contributed by atoms with Gasteiger partial charge in [-0.05, 0) is 25.7 Å². The number of nitrogens with zero attached hydrogens (tertiary/aromatic N) is 2. The highest BCUT2D eigenvalue weighted by molar-refractivity contribution is 5.47. The standard InChI is InChI=1S/C15H25N3O3/c1-11-8-17-13(12(2)14(11)18(19)20)9-16-10-15(3,4)6-7-21-5/h8,16H,6-7,9-10H2,1-5H3. The molecular weight excluding hydrogens is 270 g/mol. The molecule has 0 fully saturated rings. The molecule has 0 aromatic carbocycles. The van der Waals surface area contributed by atoms with Crippen LogP contribution in [0.5, 0.6) is 0 Å². The number of pyridine rings is 1. The molecule has 1 aromatic heterocycles. The van der Waals surface area contributed by atoms with Gasteiger partial charge in [0.2, 0.25) is 0 Å². The van der Waals surface area contributed by atoms with Crippen LogP contribution in [0.2, 0.25) is 0 Å². The maximum atomic E-state index is 11.1. The molecule has 0 bridgehead atoms. The molecule has 0 saturated heterocycles. The van der Waals surface area contributed by atoms with Crippen LogP contribution in [0.3, 0.4) is 0 Å². The van der Waals surface area contributed by atoms with E-state index < -0.39 is 0 Å². The first-order chi connectivity index (χ1) is 9.78.